The van der Waals surface area contributed by atoms with Crippen LogP contribution in [-0.2, 0) is 0 Å². The number of hydrogen-bond donors (Lipinski definition) is 3. The lowest BCUT2D eigenvalue weighted by Crippen LogP contribution is -1.93. The topological polar surface area (TPSA) is 84.2 Å². The van der Waals surface area contributed by atoms with Crippen LogP contribution >= 0.6 is 11.6 Å². The average molecular weight is 254 g/mol. The molecule has 0 aliphatic heterocycles. The Morgan fingerprint density at radius 3 is 2.71 bits per heavy atom. The summed E-state index contributed by atoms with van der Waals surface area (Å²) in [5, 5.41) is 16.8. The number of benzene rings is 1. The summed E-state index contributed by atoms with van der Waals surface area (Å²) < 4.78 is 5.18. The molecule has 0 amide bonds. The maximum atomic E-state index is 9.79. The van der Waals surface area contributed by atoms with E-state index in [2.05, 4.69) is 10.2 Å². The van der Waals surface area contributed by atoms with Gasteiger partial charge in [0.25, 0.3) is 0 Å². The molecule has 1 aromatic carbocycles. The van der Waals surface area contributed by atoms with Gasteiger partial charge in [-0.1, -0.05) is 11.6 Å². The lowest BCUT2D eigenvalue weighted by molar-refractivity contribution is 0.374. The summed E-state index contributed by atoms with van der Waals surface area (Å²) in [6.45, 7) is 1.83. The Labute approximate surface area is 103 Å². The Morgan fingerprint density at radius 2 is 2.18 bits per heavy atom. The van der Waals surface area contributed by atoms with Crippen molar-refractivity contribution in [2.24, 2.45) is 0 Å². The quantitative estimate of drug-likeness (QED) is 0.767. The van der Waals surface area contributed by atoms with Crippen molar-refractivity contribution in [1.29, 1.82) is 0 Å². The predicted molar refractivity (Wildman–Crippen MR) is 66.4 cm³/mol. The van der Waals surface area contributed by atoms with Crippen molar-refractivity contribution >= 4 is 17.4 Å². The third kappa shape index (κ3) is 1.89. The summed E-state index contributed by atoms with van der Waals surface area (Å²) >= 11 is 6.02. The Balaban J connectivity index is 2.74. The number of aromatic hydroxyl groups is 1. The van der Waals surface area contributed by atoms with Crippen molar-refractivity contribution in [2.75, 3.05) is 12.8 Å². The van der Waals surface area contributed by atoms with Gasteiger partial charge in [0, 0.05) is 22.7 Å². The van der Waals surface area contributed by atoms with Crippen LogP contribution in [0.4, 0.5) is 5.82 Å². The van der Waals surface area contributed by atoms with Crippen LogP contribution in [0.15, 0.2) is 12.1 Å². The molecule has 0 atom stereocenters. The Hall–Kier alpha value is -1.88. The zero-order valence-corrected chi connectivity index (χ0v) is 10.2. The highest BCUT2D eigenvalue weighted by molar-refractivity contribution is 6.32. The number of aromatic amines is 1. The van der Waals surface area contributed by atoms with E-state index in [-0.39, 0.29) is 5.75 Å². The molecule has 0 aliphatic rings. The molecule has 0 unspecified atom stereocenters. The first-order valence-electron chi connectivity index (χ1n) is 4.92. The van der Waals surface area contributed by atoms with Crippen LogP contribution in [0, 0.1) is 6.92 Å². The molecule has 2 aromatic rings. The van der Waals surface area contributed by atoms with Crippen LogP contribution in [0.5, 0.6) is 11.5 Å². The van der Waals surface area contributed by atoms with Crippen molar-refractivity contribution in [3.05, 3.63) is 22.7 Å². The molecule has 0 bridgehead atoms. The van der Waals surface area contributed by atoms with Crippen LogP contribution in [-0.4, -0.2) is 22.4 Å². The van der Waals surface area contributed by atoms with E-state index < -0.39 is 0 Å². The van der Waals surface area contributed by atoms with E-state index in [0.29, 0.717) is 27.8 Å². The Kier molecular flexibility index (Phi) is 2.85. The largest absolute Gasteiger partial charge is 0.504 e. The van der Waals surface area contributed by atoms with Crippen LogP contribution in [0.1, 0.15) is 5.56 Å². The number of methoxy groups -OCH3 is 1. The Morgan fingerprint density at radius 1 is 1.47 bits per heavy atom. The molecule has 0 aliphatic carbocycles. The maximum absolute atomic E-state index is 9.79. The van der Waals surface area contributed by atoms with Gasteiger partial charge in [0.1, 0.15) is 5.82 Å². The van der Waals surface area contributed by atoms with Gasteiger partial charge in [-0.2, -0.15) is 5.10 Å². The number of phenolic OH excluding ortho intramolecular Hbond substituents is 1. The lowest BCUT2D eigenvalue weighted by Gasteiger charge is -2.13. The molecule has 1 heterocycles. The zero-order valence-electron chi connectivity index (χ0n) is 9.41. The number of nitrogen functional groups attached to an aromatic ring is 1. The van der Waals surface area contributed by atoms with Gasteiger partial charge in [-0.25, -0.2) is 0 Å². The molecule has 90 valence electrons. The molecule has 0 saturated carbocycles. The third-order valence-electron chi connectivity index (χ3n) is 2.53. The van der Waals surface area contributed by atoms with E-state index in [1.807, 2.05) is 6.92 Å². The van der Waals surface area contributed by atoms with Gasteiger partial charge < -0.3 is 15.6 Å². The third-order valence-corrected chi connectivity index (χ3v) is 2.92. The van der Waals surface area contributed by atoms with Gasteiger partial charge >= 0.3 is 0 Å². The van der Waals surface area contributed by atoms with Gasteiger partial charge in [0.15, 0.2) is 11.5 Å². The van der Waals surface area contributed by atoms with Crippen molar-refractivity contribution in [3.63, 3.8) is 0 Å². The summed E-state index contributed by atoms with van der Waals surface area (Å²) in [6.07, 6.45) is 0. The average Bonchev–Trinajstić information content (AvgIpc) is 2.69. The number of hydrogen-bond acceptors (Lipinski definition) is 4. The van der Waals surface area contributed by atoms with E-state index in [0.717, 1.165) is 5.56 Å². The number of nitrogens with two attached hydrogens (primary N) is 1. The summed E-state index contributed by atoms with van der Waals surface area (Å²) in [4.78, 5) is 0. The number of phenols is 1. The second-order valence-electron chi connectivity index (χ2n) is 3.62. The van der Waals surface area contributed by atoms with Gasteiger partial charge in [0.05, 0.1) is 12.8 Å². The molecule has 5 nitrogen and oxygen atoms in total. The van der Waals surface area contributed by atoms with E-state index in [4.69, 9.17) is 22.1 Å². The summed E-state index contributed by atoms with van der Waals surface area (Å²) in [5.41, 5.74) is 7.64. The maximum Gasteiger partial charge on any atom is 0.170 e. The normalized spacial score (nSPS) is 10.5. The van der Waals surface area contributed by atoms with E-state index in [1.165, 1.54) is 13.2 Å². The number of ether oxygens (including phenoxy) is 1. The van der Waals surface area contributed by atoms with Crippen molar-refractivity contribution in [2.45, 2.75) is 6.92 Å². The van der Waals surface area contributed by atoms with Gasteiger partial charge in [-0.05, 0) is 12.5 Å². The van der Waals surface area contributed by atoms with E-state index in [1.54, 1.807) is 6.07 Å². The summed E-state index contributed by atoms with van der Waals surface area (Å²) in [5.74, 6) is 0.683. The highest BCUT2D eigenvalue weighted by Gasteiger charge is 2.18. The molecular weight excluding hydrogens is 242 g/mol. The highest BCUT2D eigenvalue weighted by atomic mass is 35.5. The SMILES string of the molecule is COc1c(O)cc(Cl)c(C)c1-c1cc(N)n[nH]1. The highest BCUT2D eigenvalue weighted by Crippen LogP contribution is 2.42. The minimum Gasteiger partial charge on any atom is -0.504 e. The van der Waals surface area contributed by atoms with Crippen molar-refractivity contribution in [1.82, 2.24) is 10.2 Å². The molecule has 0 radical (unpaired) electrons. The first-order valence-corrected chi connectivity index (χ1v) is 5.29. The van der Waals surface area contributed by atoms with Crippen LogP contribution < -0.4 is 10.5 Å². The fourth-order valence-corrected chi connectivity index (χ4v) is 1.91. The molecule has 1 aromatic heterocycles. The smallest absolute Gasteiger partial charge is 0.170 e. The number of nitrogens with zero attached hydrogens (tertiary/aromatic N) is 1. The predicted octanol–water partition coefficient (Wildman–Crippen LogP) is 2.33. The minimum absolute atomic E-state index is 0.0220. The minimum atomic E-state index is -0.0220. The van der Waals surface area contributed by atoms with Gasteiger partial charge in [0.2, 0.25) is 0 Å². The van der Waals surface area contributed by atoms with Crippen molar-refractivity contribution in [3.8, 4) is 22.8 Å². The van der Waals surface area contributed by atoms with Gasteiger partial charge in [-0.15, -0.1) is 0 Å². The monoisotopic (exact) mass is 253 g/mol. The molecule has 4 N–H and O–H groups in total. The first kappa shape index (κ1) is 11.6. The fourth-order valence-electron chi connectivity index (χ4n) is 1.71. The molecule has 2 rings (SSSR count). The zero-order chi connectivity index (χ0) is 12.6. The van der Waals surface area contributed by atoms with Crippen LogP contribution in [0.3, 0.4) is 0 Å². The summed E-state index contributed by atoms with van der Waals surface area (Å²) in [6, 6.07) is 3.10. The fraction of sp³-hybridized carbons (Fsp3) is 0.182. The number of anilines is 1. The summed E-state index contributed by atoms with van der Waals surface area (Å²) in [7, 11) is 1.48. The Bertz CT molecular complexity index is 566. The van der Waals surface area contributed by atoms with Gasteiger partial charge in [-0.3, -0.25) is 5.10 Å². The number of halogens is 1. The van der Waals surface area contributed by atoms with Crippen LogP contribution in [0.25, 0.3) is 11.3 Å². The number of nitrogens with one attached hydrogen (secondary N) is 1. The molecular formula is C11H12ClN3O2. The van der Waals surface area contributed by atoms with Crippen LogP contribution in [0.2, 0.25) is 5.02 Å². The van der Waals surface area contributed by atoms with Crippen molar-refractivity contribution < 1.29 is 9.84 Å². The van der Waals surface area contributed by atoms with E-state index >= 15 is 0 Å². The number of rotatable bonds is 2. The second kappa shape index (κ2) is 4.18. The molecule has 0 fully saturated rings. The number of aromatic nitrogens is 2. The van der Waals surface area contributed by atoms with E-state index in [9.17, 15) is 5.11 Å². The molecule has 0 saturated heterocycles. The molecule has 17 heavy (non-hydrogen) atoms. The standard InChI is InChI=1S/C11H12ClN3O2/c1-5-6(12)3-8(16)11(17-2)10(5)7-4-9(13)15-14-7/h3-4,16H,1-2H3,(H3,13,14,15). The number of H-pyrrole nitrogens is 1. The molecule has 6 heteroatoms. The molecule has 0 spiro atoms. The lowest BCUT2D eigenvalue weighted by atomic mass is 10.0. The second-order valence-corrected chi connectivity index (χ2v) is 4.02. The first-order chi connectivity index (χ1) is 8.04.